The number of nitrogens with zero attached hydrogens (tertiary/aromatic N) is 3. The highest BCUT2D eigenvalue weighted by atomic mass is 16.2. The minimum atomic E-state index is -0.0325. The lowest BCUT2D eigenvalue weighted by Gasteiger charge is -2.16. The summed E-state index contributed by atoms with van der Waals surface area (Å²) < 4.78 is 0. The molecule has 0 radical (unpaired) electrons. The van der Waals surface area contributed by atoms with Crippen molar-refractivity contribution in [1.29, 1.82) is 0 Å². The first-order valence-electron chi connectivity index (χ1n) is 7.04. The average molecular weight is 270 g/mol. The zero-order valence-electron chi connectivity index (χ0n) is 11.6. The Morgan fingerprint density at radius 1 is 1.30 bits per heavy atom. The van der Waals surface area contributed by atoms with Gasteiger partial charge in [0.1, 0.15) is 5.69 Å². The SMILES string of the molecule is CCc1ccc2nc(N)nc(C(=O)N3CCCC3)c2c1. The average Bonchev–Trinajstić information content (AvgIpc) is 2.99. The van der Waals surface area contributed by atoms with Crippen LogP contribution < -0.4 is 5.73 Å². The van der Waals surface area contributed by atoms with Crippen LogP contribution in [0.15, 0.2) is 18.2 Å². The predicted molar refractivity (Wildman–Crippen MR) is 78.5 cm³/mol. The number of fused-ring (bicyclic) bond motifs is 1. The van der Waals surface area contributed by atoms with Gasteiger partial charge in [0, 0.05) is 18.5 Å². The second kappa shape index (κ2) is 5.07. The lowest BCUT2D eigenvalue weighted by Crippen LogP contribution is -2.29. The Labute approximate surface area is 117 Å². The van der Waals surface area contributed by atoms with Crippen molar-refractivity contribution in [2.75, 3.05) is 18.8 Å². The molecule has 5 heteroatoms. The molecule has 1 aromatic carbocycles. The molecule has 0 spiro atoms. The van der Waals surface area contributed by atoms with Crippen molar-refractivity contribution in [3.63, 3.8) is 0 Å². The number of nitrogens with two attached hydrogens (primary N) is 1. The summed E-state index contributed by atoms with van der Waals surface area (Å²) >= 11 is 0. The molecular weight excluding hydrogens is 252 g/mol. The molecule has 0 bridgehead atoms. The maximum atomic E-state index is 12.6. The number of anilines is 1. The number of likely N-dealkylation sites (tertiary alicyclic amines) is 1. The third kappa shape index (κ3) is 2.19. The van der Waals surface area contributed by atoms with Gasteiger partial charge < -0.3 is 10.6 Å². The van der Waals surface area contributed by atoms with Crippen LogP contribution in [0, 0.1) is 0 Å². The number of benzene rings is 1. The van der Waals surface area contributed by atoms with Gasteiger partial charge in [-0.25, -0.2) is 9.97 Å². The Morgan fingerprint density at radius 2 is 2.05 bits per heavy atom. The monoisotopic (exact) mass is 270 g/mol. The summed E-state index contributed by atoms with van der Waals surface area (Å²) in [5.74, 6) is 0.124. The molecule has 0 saturated carbocycles. The standard InChI is InChI=1S/C15H18N4O/c1-2-10-5-6-12-11(9-10)13(18-15(16)17-12)14(20)19-7-3-4-8-19/h5-6,9H,2-4,7-8H2,1H3,(H2,16,17,18). The fourth-order valence-corrected chi connectivity index (χ4v) is 2.65. The van der Waals surface area contributed by atoms with Crippen LogP contribution in [0.5, 0.6) is 0 Å². The highest BCUT2D eigenvalue weighted by Crippen LogP contribution is 2.22. The molecule has 0 aliphatic carbocycles. The number of amides is 1. The van der Waals surface area contributed by atoms with E-state index < -0.39 is 0 Å². The van der Waals surface area contributed by atoms with Crippen LogP contribution in [0.2, 0.25) is 0 Å². The van der Waals surface area contributed by atoms with Gasteiger partial charge in [0.25, 0.3) is 5.91 Å². The van der Waals surface area contributed by atoms with Gasteiger partial charge in [-0.15, -0.1) is 0 Å². The summed E-state index contributed by atoms with van der Waals surface area (Å²) in [5, 5.41) is 0.801. The summed E-state index contributed by atoms with van der Waals surface area (Å²) in [4.78, 5) is 22.9. The fourth-order valence-electron chi connectivity index (χ4n) is 2.65. The van der Waals surface area contributed by atoms with Gasteiger partial charge in [0.2, 0.25) is 5.95 Å². The minimum Gasteiger partial charge on any atom is -0.368 e. The van der Waals surface area contributed by atoms with Crippen LogP contribution in [-0.4, -0.2) is 33.9 Å². The van der Waals surface area contributed by atoms with Crippen LogP contribution in [0.3, 0.4) is 0 Å². The zero-order chi connectivity index (χ0) is 14.1. The van der Waals surface area contributed by atoms with E-state index in [0.29, 0.717) is 5.69 Å². The Bertz CT molecular complexity index is 662. The van der Waals surface area contributed by atoms with Crippen LogP contribution in [0.4, 0.5) is 5.95 Å². The van der Waals surface area contributed by atoms with E-state index in [4.69, 9.17) is 5.73 Å². The van der Waals surface area contributed by atoms with Crippen LogP contribution in [0.25, 0.3) is 10.9 Å². The van der Waals surface area contributed by atoms with Crippen molar-refractivity contribution in [1.82, 2.24) is 14.9 Å². The molecular formula is C15H18N4O. The van der Waals surface area contributed by atoms with Crippen molar-refractivity contribution in [3.8, 4) is 0 Å². The number of rotatable bonds is 2. The van der Waals surface area contributed by atoms with Crippen LogP contribution in [0.1, 0.15) is 35.8 Å². The van der Waals surface area contributed by atoms with Crippen molar-refractivity contribution in [2.24, 2.45) is 0 Å². The Hall–Kier alpha value is -2.17. The number of hydrogen-bond acceptors (Lipinski definition) is 4. The summed E-state index contributed by atoms with van der Waals surface area (Å²) in [6.45, 7) is 3.69. The smallest absolute Gasteiger partial charge is 0.273 e. The van der Waals surface area contributed by atoms with E-state index in [9.17, 15) is 4.79 Å². The maximum Gasteiger partial charge on any atom is 0.273 e. The molecule has 1 aliphatic rings. The molecule has 20 heavy (non-hydrogen) atoms. The van der Waals surface area contributed by atoms with Crippen LogP contribution >= 0.6 is 0 Å². The van der Waals surface area contributed by atoms with Gasteiger partial charge in [-0.1, -0.05) is 13.0 Å². The van der Waals surface area contributed by atoms with Crippen molar-refractivity contribution in [2.45, 2.75) is 26.2 Å². The lowest BCUT2D eigenvalue weighted by molar-refractivity contribution is 0.0789. The summed E-state index contributed by atoms with van der Waals surface area (Å²) in [5.41, 5.74) is 8.08. The Morgan fingerprint density at radius 3 is 2.75 bits per heavy atom. The molecule has 2 heterocycles. The van der Waals surface area contributed by atoms with Gasteiger partial charge in [0.15, 0.2) is 0 Å². The van der Waals surface area contributed by atoms with Gasteiger partial charge in [0.05, 0.1) is 5.52 Å². The largest absolute Gasteiger partial charge is 0.368 e. The van der Waals surface area contributed by atoms with Gasteiger partial charge >= 0.3 is 0 Å². The second-order valence-electron chi connectivity index (χ2n) is 5.13. The van der Waals surface area contributed by atoms with Gasteiger partial charge in [-0.05, 0) is 37.0 Å². The fraction of sp³-hybridized carbons (Fsp3) is 0.400. The molecule has 0 atom stereocenters. The lowest BCUT2D eigenvalue weighted by atomic mass is 10.1. The van der Waals surface area contributed by atoms with Crippen molar-refractivity contribution >= 4 is 22.8 Å². The molecule has 3 rings (SSSR count). The molecule has 1 aromatic heterocycles. The molecule has 1 saturated heterocycles. The molecule has 5 nitrogen and oxygen atoms in total. The summed E-state index contributed by atoms with van der Waals surface area (Å²) in [7, 11) is 0. The molecule has 104 valence electrons. The second-order valence-corrected chi connectivity index (χ2v) is 5.13. The molecule has 1 amide bonds. The normalized spacial score (nSPS) is 14.9. The van der Waals surface area contributed by atoms with E-state index in [1.165, 1.54) is 5.56 Å². The molecule has 1 fully saturated rings. The Balaban J connectivity index is 2.14. The number of aryl methyl sites for hydroxylation is 1. The number of aromatic nitrogens is 2. The third-order valence-corrected chi connectivity index (χ3v) is 3.78. The molecule has 2 N–H and O–H groups in total. The number of hydrogen-bond donors (Lipinski definition) is 1. The van der Waals surface area contributed by atoms with E-state index in [2.05, 4.69) is 16.9 Å². The van der Waals surface area contributed by atoms with Crippen molar-refractivity contribution < 1.29 is 4.79 Å². The van der Waals surface area contributed by atoms with E-state index in [-0.39, 0.29) is 11.9 Å². The van der Waals surface area contributed by atoms with E-state index in [1.54, 1.807) is 0 Å². The molecule has 1 aliphatic heterocycles. The quantitative estimate of drug-likeness (QED) is 0.906. The number of carbonyl (C=O) groups excluding carboxylic acids is 1. The zero-order valence-corrected chi connectivity index (χ0v) is 11.6. The first-order chi connectivity index (χ1) is 9.69. The number of nitrogen functional groups attached to an aromatic ring is 1. The first kappa shape index (κ1) is 12.8. The number of carbonyl (C=O) groups is 1. The molecule has 2 aromatic rings. The van der Waals surface area contributed by atoms with E-state index in [0.717, 1.165) is 43.3 Å². The topological polar surface area (TPSA) is 72.1 Å². The van der Waals surface area contributed by atoms with Gasteiger partial charge in [-0.2, -0.15) is 0 Å². The molecule has 0 unspecified atom stereocenters. The van der Waals surface area contributed by atoms with Gasteiger partial charge in [-0.3, -0.25) is 4.79 Å². The van der Waals surface area contributed by atoms with E-state index in [1.807, 2.05) is 23.1 Å². The Kier molecular flexibility index (Phi) is 3.26. The predicted octanol–water partition coefficient (Wildman–Crippen LogP) is 2.01. The highest BCUT2D eigenvalue weighted by Gasteiger charge is 2.23. The van der Waals surface area contributed by atoms with E-state index >= 15 is 0 Å². The maximum absolute atomic E-state index is 12.6. The highest BCUT2D eigenvalue weighted by molar-refractivity contribution is 6.04. The minimum absolute atomic E-state index is 0.0325. The van der Waals surface area contributed by atoms with Crippen molar-refractivity contribution in [3.05, 3.63) is 29.5 Å². The summed E-state index contributed by atoms with van der Waals surface area (Å²) in [6.07, 6.45) is 3.03. The third-order valence-electron chi connectivity index (χ3n) is 3.78. The van der Waals surface area contributed by atoms with Crippen LogP contribution in [-0.2, 0) is 6.42 Å². The first-order valence-corrected chi connectivity index (χ1v) is 7.04. The summed E-state index contributed by atoms with van der Waals surface area (Å²) in [6, 6.07) is 5.92.